The minimum absolute atomic E-state index is 0.654. The minimum Gasteiger partial charge on any atom is -0.312 e. The van der Waals surface area contributed by atoms with Crippen molar-refractivity contribution in [2.45, 2.75) is 40.8 Å². The molecule has 0 aliphatic rings. The molecule has 0 unspecified atom stereocenters. The van der Waals surface area contributed by atoms with Crippen molar-refractivity contribution in [3.8, 4) is 0 Å². The van der Waals surface area contributed by atoms with Crippen molar-refractivity contribution in [1.82, 2.24) is 15.1 Å². The van der Waals surface area contributed by atoms with E-state index in [9.17, 15) is 0 Å². The highest BCUT2D eigenvalue weighted by Crippen LogP contribution is 2.02. The van der Waals surface area contributed by atoms with Gasteiger partial charge in [-0.15, -0.1) is 0 Å². The van der Waals surface area contributed by atoms with E-state index in [2.05, 4.69) is 44.3 Å². The lowest BCUT2D eigenvalue weighted by Crippen LogP contribution is -2.18. The summed E-state index contributed by atoms with van der Waals surface area (Å²) in [7, 11) is 0. The fourth-order valence-corrected chi connectivity index (χ4v) is 1.48. The van der Waals surface area contributed by atoms with Crippen LogP contribution in [0.25, 0.3) is 0 Å². The van der Waals surface area contributed by atoms with Crippen LogP contribution in [-0.2, 0) is 13.1 Å². The van der Waals surface area contributed by atoms with Crippen LogP contribution in [0.3, 0.4) is 0 Å². The van der Waals surface area contributed by atoms with Crippen molar-refractivity contribution in [3.63, 3.8) is 0 Å². The van der Waals surface area contributed by atoms with Crippen LogP contribution in [0.1, 0.15) is 33.3 Å². The van der Waals surface area contributed by atoms with E-state index in [1.165, 1.54) is 5.56 Å². The van der Waals surface area contributed by atoms with Crippen LogP contribution in [0, 0.1) is 11.8 Å². The molecular formula is C12H23N3. The smallest absolute Gasteiger partial charge is 0.0534 e. The van der Waals surface area contributed by atoms with E-state index in [0.29, 0.717) is 11.8 Å². The maximum atomic E-state index is 4.33. The summed E-state index contributed by atoms with van der Waals surface area (Å²) in [5, 5.41) is 7.75. The number of hydrogen-bond donors (Lipinski definition) is 1. The normalized spacial score (nSPS) is 11.6. The largest absolute Gasteiger partial charge is 0.312 e. The first kappa shape index (κ1) is 12.2. The standard InChI is InChI=1S/C12H23N3/c1-10(2)5-13-6-12-7-14-15(9-12)8-11(3)4/h7,9-11,13H,5-6,8H2,1-4H3. The quantitative estimate of drug-likeness (QED) is 0.779. The molecule has 0 spiro atoms. The van der Waals surface area contributed by atoms with Crippen molar-refractivity contribution in [1.29, 1.82) is 0 Å². The second kappa shape index (κ2) is 5.91. The number of aromatic nitrogens is 2. The van der Waals surface area contributed by atoms with Crippen LogP contribution in [0.15, 0.2) is 12.4 Å². The van der Waals surface area contributed by atoms with Gasteiger partial charge in [0.05, 0.1) is 6.20 Å². The Balaban J connectivity index is 2.33. The van der Waals surface area contributed by atoms with Crippen LogP contribution in [0.2, 0.25) is 0 Å². The first-order valence-corrected chi connectivity index (χ1v) is 5.80. The number of nitrogens with zero attached hydrogens (tertiary/aromatic N) is 2. The molecule has 0 aromatic carbocycles. The van der Waals surface area contributed by atoms with Crippen molar-refractivity contribution in [3.05, 3.63) is 18.0 Å². The molecule has 0 aliphatic heterocycles. The number of nitrogens with one attached hydrogen (secondary N) is 1. The molecule has 86 valence electrons. The molecule has 0 saturated heterocycles. The van der Waals surface area contributed by atoms with Crippen molar-refractivity contribution in [2.24, 2.45) is 11.8 Å². The van der Waals surface area contributed by atoms with Gasteiger partial charge in [-0.3, -0.25) is 4.68 Å². The van der Waals surface area contributed by atoms with Crippen LogP contribution in [0.4, 0.5) is 0 Å². The third-order valence-corrected chi connectivity index (χ3v) is 2.12. The topological polar surface area (TPSA) is 29.9 Å². The van der Waals surface area contributed by atoms with Gasteiger partial charge in [-0.25, -0.2) is 0 Å². The first-order valence-electron chi connectivity index (χ1n) is 5.80. The summed E-state index contributed by atoms with van der Waals surface area (Å²) in [6, 6.07) is 0. The molecule has 0 amide bonds. The van der Waals surface area contributed by atoms with Gasteiger partial charge in [0.25, 0.3) is 0 Å². The zero-order valence-electron chi connectivity index (χ0n) is 10.3. The summed E-state index contributed by atoms with van der Waals surface area (Å²) in [4.78, 5) is 0. The zero-order valence-corrected chi connectivity index (χ0v) is 10.3. The SMILES string of the molecule is CC(C)CNCc1cnn(CC(C)C)c1. The van der Waals surface area contributed by atoms with Crippen LogP contribution < -0.4 is 5.32 Å². The Kier molecular flexibility index (Phi) is 4.82. The second-order valence-electron chi connectivity index (χ2n) is 4.99. The second-order valence-corrected chi connectivity index (χ2v) is 4.99. The van der Waals surface area contributed by atoms with Gasteiger partial charge in [0.2, 0.25) is 0 Å². The summed E-state index contributed by atoms with van der Waals surface area (Å²) in [6.07, 6.45) is 4.09. The molecule has 1 aromatic heterocycles. The van der Waals surface area contributed by atoms with Gasteiger partial charge in [-0.05, 0) is 18.4 Å². The molecule has 15 heavy (non-hydrogen) atoms. The number of hydrogen-bond acceptors (Lipinski definition) is 2. The lowest BCUT2D eigenvalue weighted by atomic mass is 10.2. The molecule has 1 heterocycles. The molecule has 0 aliphatic carbocycles. The summed E-state index contributed by atoms with van der Waals surface area (Å²) in [5.41, 5.74) is 1.27. The monoisotopic (exact) mass is 209 g/mol. The summed E-state index contributed by atoms with van der Waals surface area (Å²) in [5.74, 6) is 1.36. The van der Waals surface area contributed by atoms with Gasteiger partial charge in [0.1, 0.15) is 0 Å². The summed E-state index contributed by atoms with van der Waals surface area (Å²) >= 11 is 0. The first-order chi connectivity index (χ1) is 7.08. The van der Waals surface area contributed by atoms with Gasteiger partial charge in [-0.2, -0.15) is 5.10 Å². The molecular weight excluding hydrogens is 186 g/mol. The maximum absolute atomic E-state index is 4.33. The molecule has 0 fully saturated rings. The van der Waals surface area contributed by atoms with Crippen molar-refractivity contribution >= 4 is 0 Å². The van der Waals surface area contributed by atoms with Gasteiger partial charge in [0.15, 0.2) is 0 Å². The predicted molar refractivity (Wildman–Crippen MR) is 63.6 cm³/mol. The van der Waals surface area contributed by atoms with E-state index in [-0.39, 0.29) is 0 Å². The van der Waals surface area contributed by atoms with Crippen molar-refractivity contribution < 1.29 is 0 Å². The Morgan fingerprint density at radius 1 is 1.27 bits per heavy atom. The maximum Gasteiger partial charge on any atom is 0.0534 e. The summed E-state index contributed by atoms with van der Waals surface area (Å²) in [6.45, 7) is 11.8. The van der Waals surface area contributed by atoms with Crippen LogP contribution in [0.5, 0.6) is 0 Å². The fraction of sp³-hybridized carbons (Fsp3) is 0.750. The Bertz CT molecular complexity index is 276. The lowest BCUT2D eigenvalue weighted by molar-refractivity contribution is 0.482. The number of rotatable bonds is 6. The van der Waals surface area contributed by atoms with E-state index in [4.69, 9.17) is 0 Å². The highest BCUT2D eigenvalue weighted by Gasteiger charge is 2.00. The van der Waals surface area contributed by atoms with Crippen LogP contribution in [-0.4, -0.2) is 16.3 Å². The molecule has 0 saturated carbocycles. The van der Waals surface area contributed by atoms with Gasteiger partial charge < -0.3 is 5.32 Å². The predicted octanol–water partition coefficient (Wildman–Crippen LogP) is 2.28. The van der Waals surface area contributed by atoms with E-state index >= 15 is 0 Å². The van der Waals surface area contributed by atoms with Crippen LogP contribution >= 0.6 is 0 Å². The Hall–Kier alpha value is -0.830. The minimum atomic E-state index is 0.654. The zero-order chi connectivity index (χ0) is 11.3. The molecule has 0 radical (unpaired) electrons. The molecule has 1 aromatic rings. The highest BCUT2D eigenvalue weighted by atomic mass is 15.3. The van der Waals surface area contributed by atoms with Gasteiger partial charge in [-0.1, -0.05) is 27.7 Å². The molecule has 0 atom stereocenters. The lowest BCUT2D eigenvalue weighted by Gasteiger charge is -2.05. The Labute approximate surface area is 92.9 Å². The van der Waals surface area contributed by atoms with E-state index in [0.717, 1.165) is 19.6 Å². The van der Waals surface area contributed by atoms with Gasteiger partial charge >= 0.3 is 0 Å². The fourth-order valence-electron chi connectivity index (χ4n) is 1.48. The molecule has 3 heteroatoms. The van der Waals surface area contributed by atoms with E-state index in [1.807, 2.05) is 10.9 Å². The molecule has 1 rings (SSSR count). The average molecular weight is 209 g/mol. The van der Waals surface area contributed by atoms with Crippen molar-refractivity contribution in [2.75, 3.05) is 6.54 Å². The third-order valence-electron chi connectivity index (χ3n) is 2.12. The molecule has 1 N–H and O–H groups in total. The third kappa shape index (κ3) is 4.98. The highest BCUT2D eigenvalue weighted by molar-refractivity contribution is 5.03. The van der Waals surface area contributed by atoms with Gasteiger partial charge in [0, 0.05) is 24.8 Å². The average Bonchev–Trinajstić information content (AvgIpc) is 2.50. The van der Waals surface area contributed by atoms with E-state index in [1.54, 1.807) is 0 Å². The Morgan fingerprint density at radius 2 is 2.00 bits per heavy atom. The Morgan fingerprint density at radius 3 is 2.60 bits per heavy atom. The molecule has 3 nitrogen and oxygen atoms in total. The molecule has 0 bridgehead atoms. The summed E-state index contributed by atoms with van der Waals surface area (Å²) < 4.78 is 2.02. The van der Waals surface area contributed by atoms with E-state index < -0.39 is 0 Å².